The van der Waals surface area contributed by atoms with Crippen molar-refractivity contribution in [3.63, 3.8) is 0 Å². The lowest BCUT2D eigenvalue weighted by atomic mass is 10.1. The summed E-state index contributed by atoms with van der Waals surface area (Å²) in [4.78, 5) is 7.45. The molecule has 0 aliphatic rings. The molecule has 0 spiro atoms. The summed E-state index contributed by atoms with van der Waals surface area (Å²) in [5, 5.41) is 28.2. The van der Waals surface area contributed by atoms with E-state index in [0.29, 0.717) is 16.9 Å². The van der Waals surface area contributed by atoms with Crippen molar-refractivity contribution >= 4 is 28.4 Å². The molecule has 0 bridgehead atoms. The molecule has 2 aromatic heterocycles. The minimum absolute atomic E-state index is 0.0830. The number of aryl methyl sites for hydroxylation is 1. The average molecular weight is 403 g/mol. The SMILES string of the molecule is Cc1cccc(-c2nnc(S[C@H](C)/C(O)=C(\C#N)c3nc4ccccc4[nH]3)o2)c1. The number of aromatic nitrogens is 4. The second-order valence-electron chi connectivity index (χ2n) is 6.48. The maximum absolute atomic E-state index is 10.7. The first-order valence-corrected chi connectivity index (χ1v) is 9.78. The first kappa shape index (κ1) is 18.8. The lowest BCUT2D eigenvalue weighted by Crippen LogP contribution is -2.04. The number of para-hydroxylation sites is 2. The van der Waals surface area contributed by atoms with Crippen LogP contribution in [0.2, 0.25) is 0 Å². The Morgan fingerprint density at radius 1 is 1.21 bits per heavy atom. The van der Waals surface area contributed by atoms with Crippen molar-refractivity contribution in [2.45, 2.75) is 24.3 Å². The smallest absolute Gasteiger partial charge is 0.277 e. The third kappa shape index (κ3) is 3.86. The van der Waals surface area contributed by atoms with E-state index in [1.165, 1.54) is 11.8 Å². The molecule has 0 aliphatic heterocycles. The molecule has 4 aromatic rings. The molecule has 0 aliphatic carbocycles. The number of aromatic amines is 1. The van der Waals surface area contributed by atoms with Gasteiger partial charge in [-0.2, -0.15) is 5.26 Å². The van der Waals surface area contributed by atoms with Crippen molar-refractivity contribution in [1.29, 1.82) is 5.26 Å². The topological polar surface area (TPSA) is 112 Å². The highest BCUT2D eigenvalue weighted by molar-refractivity contribution is 7.99. The van der Waals surface area contributed by atoms with Crippen LogP contribution in [0.15, 0.2) is 63.9 Å². The van der Waals surface area contributed by atoms with E-state index >= 15 is 0 Å². The number of allylic oxidation sites excluding steroid dienone is 1. The highest BCUT2D eigenvalue weighted by atomic mass is 32.2. The number of imidazole rings is 1. The van der Waals surface area contributed by atoms with Gasteiger partial charge in [0.2, 0.25) is 5.89 Å². The Morgan fingerprint density at radius 3 is 2.79 bits per heavy atom. The van der Waals surface area contributed by atoms with Crippen LogP contribution in [-0.2, 0) is 0 Å². The molecule has 2 heterocycles. The summed E-state index contributed by atoms with van der Waals surface area (Å²) >= 11 is 1.18. The first-order chi connectivity index (χ1) is 14.0. The fourth-order valence-corrected chi connectivity index (χ4v) is 3.61. The van der Waals surface area contributed by atoms with E-state index in [2.05, 4.69) is 20.2 Å². The van der Waals surface area contributed by atoms with E-state index in [9.17, 15) is 10.4 Å². The van der Waals surface area contributed by atoms with Crippen LogP contribution in [0.3, 0.4) is 0 Å². The minimum atomic E-state index is -0.483. The van der Waals surface area contributed by atoms with Gasteiger partial charge in [0.1, 0.15) is 17.4 Å². The molecule has 0 saturated heterocycles. The first-order valence-electron chi connectivity index (χ1n) is 8.90. The lowest BCUT2D eigenvalue weighted by molar-refractivity contribution is 0.399. The van der Waals surface area contributed by atoms with Gasteiger partial charge in [0.25, 0.3) is 5.22 Å². The number of rotatable bonds is 5. The van der Waals surface area contributed by atoms with Crippen LogP contribution in [0.5, 0.6) is 0 Å². The summed E-state index contributed by atoms with van der Waals surface area (Å²) in [5.41, 5.74) is 3.52. The second-order valence-corrected chi connectivity index (χ2v) is 7.77. The maximum Gasteiger partial charge on any atom is 0.277 e. The molecule has 0 unspecified atom stereocenters. The Morgan fingerprint density at radius 2 is 2.03 bits per heavy atom. The van der Waals surface area contributed by atoms with Gasteiger partial charge >= 0.3 is 0 Å². The van der Waals surface area contributed by atoms with E-state index < -0.39 is 5.25 Å². The average Bonchev–Trinajstić information content (AvgIpc) is 3.35. The molecule has 144 valence electrons. The van der Waals surface area contributed by atoms with Gasteiger partial charge in [-0.15, -0.1) is 10.2 Å². The monoisotopic (exact) mass is 403 g/mol. The summed E-state index contributed by atoms with van der Waals surface area (Å²) in [6.07, 6.45) is 0. The molecule has 0 fully saturated rings. The number of aliphatic hydroxyl groups excluding tert-OH is 1. The standard InChI is InChI=1S/C21H17N5O2S/c1-12-6-5-7-14(10-12)20-25-26-21(28-20)29-13(2)18(27)15(11-22)19-23-16-8-3-4-9-17(16)24-19/h3-10,13,27H,1-2H3,(H,23,24)/b18-15-/t13-/m1/s1. The lowest BCUT2D eigenvalue weighted by Gasteiger charge is -2.08. The van der Waals surface area contributed by atoms with Crippen LogP contribution in [0.1, 0.15) is 18.3 Å². The number of fused-ring (bicyclic) bond motifs is 1. The molecule has 2 aromatic carbocycles. The number of H-pyrrole nitrogens is 1. The molecule has 0 radical (unpaired) electrons. The van der Waals surface area contributed by atoms with Crippen LogP contribution in [0.25, 0.3) is 28.1 Å². The quantitative estimate of drug-likeness (QED) is 0.277. The van der Waals surface area contributed by atoms with Crippen LogP contribution in [0, 0.1) is 18.3 Å². The molecular weight excluding hydrogens is 386 g/mol. The van der Waals surface area contributed by atoms with Crippen LogP contribution in [0.4, 0.5) is 0 Å². The van der Waals surface area contributed by atoms with E-state index in [1.807, 2.05) is 61.5 Å². The molecule has 1 atom stereocenters. The number of hydrogen-bond acceptors (Lipinski definition) is 7. The number of nitrogens with zero attached hydrogens (tertiary/aromatic N) is 4. The second kappa shape index (κ2) is 7.81. The molecule has 0 amide bonds. The fourth-order valence-electron chi connectivity index (χ4n) is 2.87. The molecule has 29 heavy (non-hydrogen) atoms. The van der Waals surface area contributed by atoms with Gasteiger partial charge in [-0.1, -0.05) is 41.6 Å². The van der Waals surface area contributed by atoms with Crippen molar-refractivity contribution < 1.29 is 9.52 Å². The van der Waals surface area contributed by atoms with Crippen LogP contribution in [-0.4, -0.2) is 30.5 Å². The van der Waals surface area contributed by atoms with Gasteiger partial charge < -0.3 is 14.5 Å². The Balaban J connectivity index is 1.58. The van der Waals surface area contributed by atoms with Gasteiger partial charge in [0, 0.05) is 5.56 Å². The molecule has 7 nitrogen and oxygen atoms in total. The minimum Gasteiger partial charge on any atom is -0.510 e. The van der Waals surface area contributed by atoms with Gasteiger partial charge in [-0.05, 0) is 38.1 Å². The summed E-state index contributed by atoms with van der Waals surface area (Å²) in [7, 11) is 0. The van der Waals surface area contributed by atoms with Crippen molar-refractivity contribution in [2.75, 3.05) is 0 Å². The predicted molar refractivity (Wildman–Crippen MR) is 111 cm³/mol. The maximum atomic E-state index is 10.7. The van der Waals surface area contributed by atoms with E-state index in [0.717, 1.165) is 22.2 Å². The fraction of sp³-hybridized carbons (Fsp3) is 0.143. The molecule has 0 saturated carbocycles. The Kier molecular flexibility index (Phi) is 5.06. The number of aliphatic hydroxyl groups is 1. The third-order valence-electron chi connectivity index (χ3n) is 4.33. The molecule has 8 heteroatoms. The van der Waals surface area contributed by atoms with E-state index in [1.54, 1.807) is 6.92 Å². The molecule has 4 rings (SSSR count). The Bertz CT molecular complexity index is 1220. The van der Waals surface area contributed by atoms with Crippen LogP contribution < -0.4 is 0 Å². The van der Waals surface area contributed by atoms with Crippen molar-refractivity contribution in [3.05, 3.63) is 65.7 Å². The zero-order valence-electron chi connectivity index (χ0n) is 15.7. The number of nitrogens with one attached hydrogen (secondary N) is 1. The molecule has 2 N–H and O–H groups in total. The Hall–Kier alpha value is -3.57. The third-order valence-corrected chi connectivity index (χ3v) is 5.27. The number of hydrogen-bond donors (Lipinski definition) is 2. The summed E-state index contributed by atoms with van der Waals surface area (Å²) in [5.74, 6) is 0.626. The van der Waals surface area contributed by atoms with Crippen molar-refractivity contribution in [2.24, 2.45) is 0 Å². The summed E-state index contributed by atoms with van der Waals surface area (Å²) < 4.78 is 5.71. The Labute approximate surface area is 171 Å². The van der Waals surface area contributed by atoms with Crippen LogP contribution >= 0.6 is 11.8 Å². The van der Waals surface area contributed by atoms with E-state index in [4.69, 9.17) is 4.42 Å². The predicted octanol–water partition coefficient (Wildman–Crippen LogP) is 4.89. The zero-order valence-corrected chi connectivity index (χ0v) is 16.6. The highest BCUT2D eigenvalue weighted by Gasteiger charge is 2.21. The highest BCUT2D eigenvalue weighted by Crippen LogP contribution is 2.31. The van der Waals surface area contributed by atoms with Crippen molar-refractivity contribution in [3.8, 4) is 17.5 Å². The van der Waals surface area contributed by atoms with Gasteiger partial charge in [-0.3, -0.25) is 0 Å². The van der Waals surface area contributed by atoms with Gasteiger partial charge in [-0.25, -0.2) is 4.98 Å². The molecular formula is C21H17N5O2S. The number of benzene rings is 2. The summed E-state index contributed by atoms with van der Waals surface area (Å²) in [6, 6.07) is 17.2. The largest absolute Gasteiger partial charge is 0.510 e. The normalized spacial score (nSPS) is 13.1. The number of thioether (sulfide) groups is 1. The van der Waals surface area contributed by atoms with E-state index in [-0.39, 0.29) is 11.3 Å². The van der Waals surface area contributed by atoms with Gasteiger partial charge in [0.15, 0.2) is 5.82 Å². The van der Waals surface area contributed by atoms with Gasteiger partial charge in [0.05, 0.1) is 16.3 Å². The zero-order chi connectivity index (χ0) is 20.4. The number of nitriles is 1. The van der Waals surface area contributed by atoms with Crippen molar-refractivity contribution in [1.82, 2.24) is 20.2 Å². The summed E-state index contributed by atoms with van der Waals surface area (Å²) in [6.45, 7) is 3.75.